The summed E-state index contributed by atoms with van der Waals surface area (Å²) in [5.74, 6) is 2.49. The molecule has 0 bridgehead atoms. The standard InChI is InChI=1S/C13H29N/c1-7-10(3)9-11(4)12(5)13(6)14-8-2/h10-14H,7-9H2,1-6H3. The highest BCUT2D eigenvalue weighted by atomic mass is 14.9. The van der Waals surface area contributed by atoms with Crippen molar-refractivity contribution in [3.05, 3.63) is 0 Å². The predicted molar refractivity (Wildman–Crippen MR) is 65.5 cm³/mol. The van der Waals surface area contributed by atoms with Gasteiger partial charge in [0.2, 0.25) is 0 Å². The third-order valence-corrected chi connectivity index (χ3v) is 3.68. The average molecular weight is 199 g/mol. The first-order valence-electron chi connectivity index (χ1n) is 6.26. The van der Waals surface area contributed by atoms with E-state index in [2.05, 4.69) is 46.9 Å². The van der Waals surface area contributed by atoms with Crippen molar-refractivity contribution in [3.63, 3.8) is 0 Å². The molecular weight excluding hydrogens is 170 g/mol. The Kier molecular flexibility index (Phi) is 7.26. The van der Waals surface area contributed by atoms with Crippen LogP contribution >= 0.6 is 0 Å². The van der Waals surface area contributed by atoms with Gasteiger partial charge < -0.3 is 5.32 Å². The van der Waals surface area contributed by atoms with Gasteiger partial charge in [-0.2, -0.15) is 0 Å². The van der Waals surface area contributed by atoms with Crippen molar-refractivity contribution in [1.82, 2.24) is 5.32 Å². The molecule has 1 heteroatoms. The summed E-state index contributed by atoms with van der Waals surface area (Å²) in [6, 6.07) is 0.652. The van der Waals surface area contributed by atoms with Crippen LogP contribution in [0.4, 0.5) is 0 Å². The highest BCUT2D eigenvalue weighted by Gasteiger charge is 2.19. The van der Waals surface area contributed by atoms with Gasteiger partial charge in [-0.1, -0.05) is 41.0 Å². The molecule has 14 heavy (non-hydrogen) atoms. The molecule has 0 amide bonds. The monoisotopic (exact) mass is 199 g/mol. The second kappa shape index (κ2) is 7.28. The van der Waals surface area contributed by atoms with Gasteiger partial charge in [0.1, 0.15) is 0 Å². The summed E-state index contributed by atoms with van der Waals surface area (Å²) in [4.78, 5) is 0. The lowest BCUT2D eigenvalue weighted by atomic mass is 9.83. The van der Waals surface area contributed by atoms with E-state index >= 15 is 0 Å². The topological polar surface area (TPSA) is 12.0 Å². The second-order valence-electron chi connectivity index (χ2n) is 4.93. The van der Waals surface area contributed by atoms with Gasteiger partial charge in [0.25, 0.3) is 0 Å². The second-order valence-corrected chi connectivity index (χ2v) is 4.93. The van der Waals surface area contributed by atoms with Crippen LogP contribution in [-0.4, -0.2) is 12.6 Å². The molecule has 0 aromatic heterocycles. The number of hydrogen-bond acceptors (Lipinski definition) is 1. The largest absolute Gasteiger partial charge is 0.314 e. The molecule has 0 spiro atoms. The van der Waals surface area contributed by atoms with E-state index in [9.17, 15) is 0 Å². The first-order valence-corrected chi connectivity index (χ1v) is 6.26. The van der Waals surface area contributed by atoms with Gasteiger partial charge in [-0.25, -0.2) is 0 Å². The lowest BCUT2D eigenvalue weighted by Gasteiger charge is -2.28. The first kappa shape index (κ1) is 14.0. The minimum Gasteiger partial charge on any atom is -0.314 e. The molecule has 0 aliphatic carbocycles. The summed E-state index contributed by atoms with van der Waals surface area (Å²) >= 11 is 0. The van der Waals surface area contributed by atoms with E-state index in [1.807, 2.05) is 0 Å². The van der Waals surface area contributed by atoms with Crippen molar-refractivity contribution in [2.75, 3.05) is 6.54 Å². The van der Waals surface area contributed by atoms with Crippen LogP contribution in [0.15, 0.2) is 0 Å². The lowest BCUT2D eigenvalue weighted by molar-refractivity contribution is 0.256. The maximum absolute atomic E-state index is 3.52. The third-order valence-electron chi connectivity index (χ3n) is 3.68. The molecular formula is C13H29N. The molecule has 0 heterocycles. The maximum Gasteiger partial charge on any atom is 0.00667 e. The van der Waals surface area contributed by atoms with Crippen LogP contribution < -0.4 is 5.32 Å². The highest BCUT2D eigenvalue weighted by Crippen LogP contribution is 2.23. The summed E-state index contributed by atoms with van der Waals surface area (Å²) < 4.78 is 0. The van der Waals surface area contributed by atoms with E-state index in [0.717, 1.165) is 24.3 Å². The van der Waals surface area contributed by atoms with Crippen molar-refractivity contribution in [1.29, 1.82) is 0 Å². The van der Waals surface area contributed by atoms with Crippen LogP contribution in [0.1, 0.15) is 54.4 Å². The van der Waals surface area contributed by atoms with E-state index in [1.165, 1.54) is 12.8 Å². The minimum atomic E-state index is 0.652. The van der Waals surface area contributed by atoms with E-state index in [0.29, 0.717) is 6.04 Å². The summed E-state index contributed by atoms with van der Waals surface area (Å²) in [7, 11) is 0. The number of nitrogens with one attached hydrogen (secondary N) is 1. The quantitative estimate of drug-likeness (QED) is 0.659. The van der Waals surface area contributed by atoms with Crippen molar-refractivity contribution in [3.8, 4) is 0 Å². The average Bonchev–Trinajstić information content (AvgIpc) is 2.16. The van der Waals surface area contributed by atoms with Crippen molar-refractivity contribution in [2.45, 2.75) is 60.4 Å². The zero-order valence-electron chi connectivity index (χ0n) is 10.9. The van der Waals surface area contributed by atoms with E-state index in [-0.39, 0.29) is 0 Å². The highest BCUT2D eigenvalue weighted by molar-refractivity contribution is 4.74. The molecule has 0 aliphatic heterocycles. The van der Waals surface area contributed by atoms with Crippen LogP contribution in [0, 0.1) is 17.8 Å². The molecule has 1 nitrogen and oxygen atoms in total. The van der Waals surface area contributed by atoms with Gasteiger partial charge in [0.15, 0.2) is 0 Å². The normalized spacial score (nSPS) is 20.1. The van der Waals surface area contributed by atoms with Gasteiger partial charge in [-0.05, 0) is 37.6 Å². The van der Waals surface area contributed by atoms with Gasteiger partial charge in [0.05, 0.1) is 0 Å². The smallest absolute Gasteiger partial charge is 0.00667 e. The SMILES string of the molecule is CCNC(C)C(C)C(C)CC(C)CC. The van der Waals surface area contributed by atoms with E-state index in [4.69, 9.17) is 0 Å². The Morgan fingerprint density at radius 1 is 1.00 bits per heavy atom. The molecule has 1 N–H and O–H groups in total. The zero-order valence-corrected chi connectivity index (χ0v) is 10.9. The predicted octanol–water partition coefficient (Wildman–Crippen LogP) is 3.69. The molecule has 0 radical (unpaired) electrons. The molecule has 0 rings (SSSR count). The van der Waals surface area contributed by atoms with Crippen LogP contribution in [0.3, 0.4) is 0 Å². The summed E-state index contributed by atoms with van der Waals surface area (Å²) in [6.07, 6.45) is 2.68. The fourth-order valence-corrected chi connectivity index (χ4v) is 2.02. The van der Waals surface area contributed by atoms with Crippen LogP contribution in [0.5, 0.6) is 0 Å². The summed E-state index contributed by atoms with van der Waals surface area (Å²) in [5.41, 5.74) is 0. The molecule has 4 unspecified atom stereocenters. The zero-order chi connectivity index (χ0) is 11.1. The fourth-order valence-electron chi connectivity index (χ4n) is 2.02. The molecule has 0 aromatic rings. The van der Waals surface area contributed by atoms with Gasteiger partial charge in [-0.15, -0.1) is 0 Å². The minimum absolute atomic E-state index is 0.652. The Labute approximate surface area is 90.7 Å². The molecule has 0 aliphatic rings. The fraction of sp³-hybridized carbons (Fsp3) is 1.00. The van der Waals surface area contributed by atoms with Crippen molar-refractivity contribution in [2.24, 2.45) is 17.8 Å². The Balaban J connectivity index is 3.90. The number of hydrogen-bond donors (Lipinski definition) is 1. The third kappa shape index (κ3) is 4.99. The molecule has 0 aromatic carbocycles. The van der Waals surface area contributed by atoms with Crippen molar-refractivity contribution < 1.29 is 0 Å². The Bertz CT molecular complexity index is 133. The number of rotatable bonds is 7. The van der Waals surface area contributed by atoms with Crippen LogP contribution in [0.2, 0.25) is 0 Å². The lowest BCUT2D eigenvalue weighted by Crippen LogP contribution is -2.35. The summed E-state index contributed by atoms with van der Waals surface area (Å²) in [5, 5.41) is 3.52. The van der Waals surface area contributed by atoms with E-state index < -0.39 is 0 Å². The molecule has 0 saturated heterocycles. The molecule has 86 valence electrons. The molecule has 0 saturated carbocycles. The molecule has 4 atom stereocenters. The Morgan fingerprint density at radius 3 is 2.00 bits per heavy atom. The first-order chi connectivity index (χ1) is 6.52. The Morgan fingerprint density at radius 2 is 1.57 bits per heavy atom. The van der Waals surface area contributed by atoms with E-state index in [1.54, 1.807) is 0 Å². The maximum atomic E-state index is 3.52. The van der Waals surface area contributed by atoms with Crippen LogP contribution in [0.25, 0.3) is 0 Å². The van der Waals surface area contributed by atoms with Gasteiger partial charge in [0, 0.05) is 6.04 Å². The van der Waals surface area contributed by atoms with Crippen LogP contribution in [-0.2, 0) is 0 Å². The van der Waals surface area contributed by atoms with Gasteiger partial charge in [-0.3, -0.25) is 0 Å². The Hall–Kier alpha value is -0.0400. The summed E-state index contributed by atoms with van der Waals surface area (Å²) in [6.45, 7) is 15.0. The van der Waals surface area contributed by atoms with Crippen molar-refractivity contribution >= 4 is 0 Å². The molecule has 0 fully saturated rings. The van der Waals surface area contributed by atoms with Gasteiger partial charge >= 0.3 is 0 Å².